The number of allylic oxidation sites excluding steroid dienone is 1. The van der Waals surface area contributed by atoms with Gasteiger partial charge >= 0.3 is 0 Å². The number of piperazine rings is 1. The van der Waals surface area contributed by atoms with Crippen LogP contribution in [-0.4, -0.2) is 49.3 Å². The standard InChI is InChI=1S/C33H34ClFN4O2/c1-33(2)19-27-31(29(40)20-33)32(24-7-3-4-8-25(24)35)39(28-10-6-5-9-26(28)36-27)21-30(41)38-17-15-37(16-18-38)23-13-11-22(34)12-14-23/h3-14,32,36H,15-21H2,1-2H3. The molecule has 1 fully saturated rings. The van der Waals surface area contributed by atoms with Crippen LogP contribution in [0.3, 0.4) is 0 Å². The number of ketones is 1. The van der Waals surface area contributed by atoms with Crippen LogP contribution in [0.25, 0.3) is 0 Å². The van der Waals surface area contributed by atoms with Gasteiger partial charge in [-0.15, -0.1) is 0 Å². The van der Waals surface area contributed by atoms with E-state index < -0.39 is 11.9 Å². The zero-order valence-electron chi connectivity index (χ0n) is 23.4. The second-order valence-electron chi connectivity index (χ2n) is 11.9. The van der Waals surface area contributed by atoms with E-state index in [0.29, 0.717) is 55.2 Å². The van der Waals surface area contributed by atoms with E-state index in [1.807, 2.05) is 58.3 Å². The maximum absolute atomic E-state index is 15.5. The molecule has 3 aromatic rings. The third-order valence-electron chi connectivity index (χ3n) is 8.33. The van der Waals surface area contributed by atoms with Gasteiger partial charge in [-0.05, 0) is 54.3 Å². The maximum atomic E-state index is 15.5. The number of nitrogens with one attached hydrogen (secondary N) is 1. The van der Waals surface area contributed by atoms with Gasteiger partial charge in [-0.3, -0.25) is 9.59 Å². The number of fused-ring (bicyclic) bond motifs is 1. The van der Waals surface area contributed by atoms with Gasteiger partial charge < -0.3 is 20.0 Å². The lowest BCUT2D eigenvalue weighted by molar-refractivity contribution is -0.130. The SMILES string of the molecule is CC1(C)CC(=O)C2=C(C1)Nc1ccccc1N(CC(=O)N1CCN(c3ccc(Cl)cc3)CC1)C2c1ccccc1F. The van der Waals surface area contributed by atoms with Crippen LogP contribution in [0.15, 0.2) is 84.1 Å². The number of nitrogens with zero attached hydrogens (tertiary/aromatic N) is 3. The van der Waals surface area contributed by atoms with Crippen LogP contribution in [-0.2, 0) is 9.59 Å². The molecule has 1 amide bonds. The van der Waals surface area contributed by atoms with Crippen molar-refractivity contribution in [3.05, 3.63) is 100 Å². The number of rotatable bonds is 4. The molecule has 6 rings (SSSR count). The predicted molar refractivity (Wildman–Crippen MR) is 162 cm³/mol. The summed E-state index contributed by atoms with van der Waals surface area (Å²) in [5, 5.41) is 4.22. The van der Waals surface area contributed by atoms with Crippen molar-refractivity contribution in [3.63, 3.8) is 0 Å². The van der Waals surface area contributed by atoms with E-state index in [2.05, 4.69) is 24.1 Å². The Labute approximate surface area is 245 Å². The van der Waals surface area contributed by atoms with Gasteiger partial charge in [0.2, 0.25) is 5.91 Å². The molecule has 0 spiro atoms. The van der Waals surface area contributed by atoms with Crippen molar-refractivity contribution in [1.82, 2.24) is 4.90 Å². The molecule has 2 aliphatic heterocycles. The summed E-state index contributed by atoms with van der Waals surface area (Å²) < 4.78 is 15.5. The first-order valence-corrected chi connectivity index (χ1v) is 14.5. The Kier molecular flexibility index (Phi) is 7.24. The van der Waals surface area contributed by atoms with Gasteiger partial charge in [-0.25, -0.2) is 4.39 Å². The van der Waals surface area contributed by atoms with E-state index in [9.17, 15) is 9.59 Å². The fraction of sp³-hybridized carbons (Fsp3) is 0.333. The summed E-state index contributed by atoms with van der Waals surface area (Å²) >= 11 is 6.06. The van der Waals surface area contributed by atoms with Gasteiger partial charge in [0.05, 0.1) is 24.0 Å². The molecule has 1 N–H and O–H groups in total. The highest BCUT2D eigenvalue weighted by atomic mass is 35.5. The number of carbonyl (C=O) groups is 2. The summed E-state index contributed by atoms with van der Waals surface area (Å²) in [5.74, 6) is -0.459. The number of anilines is 3. The Morgan fingerprint density at radius 3 is 2.37 bits per heavy atom. The lowest BCUT2D eigenvalue weighted by Gasteiger charge is -2.40. The zero-order valence-corrected chi connectivity index (χ0v) is 24.1. The van der Waals surface area contributed by atoms with Gasteiger partial charge in [0.25, 0.3) is 0 Å². The number of benzene rings is 3. The van der Waals surface area contributed by atoms with Crippen LogP contribution in [0.5, 0.6) is 0 Å². The Balaban J connectivity index is 1.35. The first-order valence-electron chi connectivity index (χ1n) is 14.1. The van der Waals surface area contributed by atoms with Crippen LogP contribution in [0.1, 0.15) is 38.3 Å². The molecule has 212 valence electrons. The van der Waals surface area contributed by atoms with E-state index in [-0.39, 0.29) is 23.7 Å². The molecule has 3 aliphatic rings. The molecule has 0 bridgehead atoms. The highest BCUT2D eigenvalue weighted by molar-refractivity contribution is 6.30. The van der Waals surface area contributed by atoms with E-state index in [1.165, 1.54) is 6.07 Å². The Hall–Kier alpha value is -3.84. The molecule has 3 aromatic carbocycles. The first-order chi connectivity index (χ1) is 19.7. The van der Waals surface area contributed by atoms with Crippen molar-refractivity contribution in [2.45, 2.75) is 32.7 Å². The number of carbonyl (C=O) groups excluding carboxylic acids is 2. The lowest BCUT2D eigenvalue weighted by atomic mass is 9.73. The Morgan fingerprint density at radius 1 is 0.951 bits per heavy atom. The topological polar surface area (TPSA) is 55.9 Å². The Morgan fingerprint density at radius 2 is 1.63 bits per heavy atom. The second kappa shape index (κ2) is 10.9. The zero-order chi connectivity index (χ0) is 28.7. The van der Waals surface area contributed by atoms with Crippen molar-refractivity contribution < 1.29 is 14.0 Å². The van der Waals surface area contributed by atoms with Gasteiger partial charge in [-0.2, -0.15) is 0 Å². The number of hydrogen-bond donors (Lipinski definition) is 1. The van der Waals surface area contributed by atoms with Crippen LogP contribution in [0.4, 0.5) is 21.5 Å². The highest BCUT2D eigenvalue weighted by Gasteiger charge is 2.43. The lowest BCUT2D eigenvalue weighted by Crippen LogP contribution is -2.52. The molecule has 1 saturated heterocycles. The molecule has 6 nitrogen and oxygen atoms in total. The fourth-order valence-electron chi connectivity index (χ4n) is 6.36. The highest BCUT2D eigenvalue weighted by Crippen LogP contribution is 2.48. The minimum atomic E-state index is -0.731. The summed E-state index contributed by atoms with van der Waals surface area (Å²) in [7, 11) is 0. The maximum Gasteiger partial charge on any atom is 0.242 e. The normalized spacial score (nSPS) is 20.2. The Bertz CT molecular complexity index is 1510. The largest absolute Gasteiger partial charge is 0.368 e. The smallest absolute Gasteiger partial charge is 0.242 e. The van der Waals surface area contributed by atoms with Crippen LogP contribution in [0, 0.1) is 11.2 Å². The van der Waals surface area contributed by atoms with E-state index in [1.54, 1.807) is 18.2 Å². The van der Waals surface area contributed by atoms with E-state index >= 15 is 4.39 Å². The number of para-hydroxylation sites is 2. The third kappa shape index (κ3) is 5.43. The number of halogens is 2. The van der Waals surface area contributed by atoms with Gasteiger partial charge in [-0.1, -0.05) is 55.8 Å². The average molecular weight is 573 g/mol. The molecule has 2 heterocycles. The van der Waals surface area contributed by atoms with Crippen molar-refractivity contribution in [2.75, 3.05) is 47.8 Å². The molecule has 8 heteroatoms. The molecule has 0 saturated carbocycles. The van der Waals surface area contributed by atoms with Gasteiger partial charge in [0.15, 0.2) is 5.78 Å². The second-order valence-corrected chi connectivity index (χ2v) is 12.3. The molecule has 41 heavy (non-hydrogen) atoms. The minimum Gasteiger partial charge on any atom is -0.368 e. The summed E-state index contributed by atoms with van der Waals surface area (Å²) in [6.07, 6.45) is 1.02. The fourth-order valence-corrected chi connectivity index (χ4v) is 6.49. The number of amides is 1. The van der Waals surface area contributed by atoms with Gasteiger partial charge in [0.1, 0.15) is 5.82 Å². The molecule has 1 unspecified atom stereocenters. The summed E-state index contributed by atoms with van der Waals surface area (Å²) in [6, 6.07) is 21.3. The van der Waals surface area contributed by atoms with E-state index in [0.717, 1.165) is 22.8 Å². The van der Waals surface area contributed by atoms with Gasteiger partial charge in [0, 0.05) is 60.1 Å². The van der Waals surface area contributed by atoms with Crippen LogP contribution >= 0.6 is 11.6 Å². The molecule has 1 atom stereocenters. The average Bonchev–Trinajstić information content (AvgIpc) is 3.07. The van der Waals surface area contributed by atoms with Crippen LogP contribution < -0.4 is 15.1 Å². The van der Waals surface area contributed by atoms with Crippen molar-refractivity contribution in [3.8, 4) is 0 Å². The monoisotopic (exact) mass is 572 g/mol. The summed E-state index contributed by atoms with van der Waals surface area (Å²) in [6.45, 7) is 6.72. The van der Waals surface area contributed by atoms with Crippen LogP contribution in [0.2, 0.25) is 5.02 Å². The first kappa shape index (κ1) is 27.3. The molecular formula is C33H34ClFN4O2. The number of Topliss-reactive ketones (excluding diaryl/α,β-unsaturated/α-hetero) is 1. The van der Waals surface area contributed by atoms with Crippen molar-refractivity contribution in [2.24, 2.45) is 5.41 Å². The molecule has 1 aliphatic carbocycles. The third-order valence-corrected chi connectivity index (χ3v) is 8.59. The number of hydrogen-bond acceptors (Lipinski definition) is 5. The van der Waals surface area contributed by atoms with E-state index in [4.69, 9.17) is 11.6 Å². The van der Waals surface area contributed by atoms with Crippen molar-refractivity contribution >= 4 is 40.4 Å². The summed E-state index contributed by atoms with van der Waals surface area (Å²) in [4.78, 5) is 33.8. The van der Waals surface area contributed by atoms with Crippen molar-refractivity contribution in [1.29, 1.82) is 0 Å². The minimum absolute atomic E-state index is 0.0150. The summed E-state index contributed by atoms with van der Waals surface area (Å²) in [5.41, 5.74) is 4.17. The molecule has 0 aromatic heterocycles. The molecule has 0 radical (unpaired) electrons. The predicted octanol–water partition coefficient (Wildman–Crippen LogP) is 6.44. The quantitative estimate of drug-likeness (QED) is 0.390. The molecular weight excluding hydrogens is 539 g/mol.